The molecule has 2 aromatic rings. The van der Waals surface area contributed by atoms with Crippen LogP contribution in [0, 0.1) is 0 Å². The topological polar surface area (TPSA) is 95.3 Å². The number of amides is 1. The number of carbonyl (C=O) groups is 1. The molecule has 0 radical (unpaired) electrons. The standard InChI is InChI=1S/C12H14N2O4/c15-5-1-2-11(16)13-7-8-3-4-9-10(6-8)18-12(17)14-9/h3-4,6,15H,1-2,5,7H2,(H,13,16)(H,14,17). The molecule has 0 bridgehead atoms. The second-order valence-corrected chi connectivity index (χ2v) is 3.95. The average Bonchev–Trinajstić information content (AvgIpc) is 2.73. The monoisotopic (exact) mass is 250 g/mol. The number of aliphatic hydroxyl groups excluding tert-OH is 1. The quantitative estimate of drug-likeness (QED) is 0.720. The molecule has 1 aromatic heterocycles. The summed E-state index contributed by atoms with van der Waals surface area (Å²) in [4.78, 5) is 24.9. The molecule has 0 unspecified atom stereocenters. The molecule has 1 heterocycles. The van der Waals surface area contributed by atoms with Crippen molar-refractivity contribution < 1.29 is 14.3 Å². The van der Waals surface area contributed by atoms with Crippen molar-refractivity contribution >= 4 is 17.0 Å². The minimum Gasteiger partial charge on any atom is -0.408 e. The molecular formula is C12H14N2O4. The molecule has 1 amide bonds. The van der Waals surface area contributed by atoms with Crippen LogP contribution in [-0.4, -0.2) is 22.6 Å². The van der Waals surface area contributed by atoms with Crippen LogP contribution in [0.25, 0.3) is 11.1 Å². The molecule has 96 valence electrons. The van der Waals surface area contributed by atoms with E-state index < -0.39 is 5.76 Å². The van der Waals surface area contributed by atoms with Gasteiger partial charge in [0.25, 0.3) is 0 Å². The minimum absolute atomic E-state index is 0.00782. The van der Waals surface area contributed by atoms with Gasteiger partial charge in [-0.3, -0.25) is 9.78 Å². The number of rotatable bonds is 5. The summed E-state index contributed by atoms with van der Waals surface area (Å²) < 4.78 is 4.92. The number of aromatic amines is 1. The first-order valence-electron chi connectivity index (χ1n) is 5.68. The van der Waals surface area contributed by atoms with Crippen LogP contribution < -0.4 is 11.1 Å². The number of hydrogen-bond donors (Lipinski definition) is 3. The predicted octanol–water partition coefficient (Wildman–Crippen LogP) is 0.510. The molecule has 0 aliphatic heterocycles. The lowest BCUT2D eigenvalue weighted by molar-refractivity contribution is -0.121. The number of fused-ring (bicyclic) bond motifs is 1. The summed E-state index contributed by atoms with van der Waals surface area (Å²) >= 11 is 0. The van der Waals surface area contributed by atoms with E-state index in [2.05, 4.69) is 10.3 Å². The molecule has 0 spiro atoms. The largest absolute Gasteiger partial charge is 0.417 e. The maximum atomic E-state index is 11.3. The highest BCUT2D eigenvalue weighted by Crippen LogP contribution is 2.12. The zero-order valence-electron chi connectivity index (χ0n) is 9.73. The van der Waals surface area contributed by atoms with E-state index in [0.717, 1.165) is 5.56 Å². The summed E-state index contributed by atoms with van der Waals surface area (Å²) in [7, 11) is 0. The lowest BCUT2D eigenvalue weighted by Crippen LogP contribution is -2.22. The maximum Gasteiger partial charge on any atom is 0.417 e. The number of nitrogens with one attached hydrogen (secondary N) is 2. The number of aromatic nitrogens is 1. The lowest BCUT2D eigenvalue weighted by atomic mass is 10.2. The van der Waals surface area contributed by atoms with E-state index in [0.29, 0.717) is 30.5 Å². The zero-order chi connectivity index (χ0) is 13.0. The Morgan fingerprint density at radius 2 is 2.28 bits per heavy atom. The van der Waals surface area contributed by atoms with Crippen LogP contribution in [0.15, 0.2) is 27.4 Å². The van der Waals surface area contributed by atoms with Gasteiger partial charge in [-0.05, 0) is 24.1 Å². The molecule has 0 atom stereocenters. The molecule has 0 fully saturated rings. The van der Waals surface area contributed by atoms with Gasteiger partial charge < -0.3 is 14.8 Å². The average molecular weight is 250 g/mol. The van der Waals surface area contributed by atoms with Gasteiger partial charge in [-0.1, -0.05) is 6.07 Å². The fourth-order valence-corrected chi connectivity index (χ4v) is 1.63. The van der Waals surface area contributed by atoms with Crippen LogP contribution in [0.1, 0.15) is 18.4 Å². The first kappa shape index (κ1) is 12.4. The summed E-state index contributed by atoms with van der Waals surface area (Å²) in [5.74, 6) is -0.603. The van der Waals surface area contributed by atoms with Crippen molar-refractivity contribution in [2.45, 2.75) is 19.4 Å². The molecule has 18 heavy (non-hydrogen) atoms. The zero-order valence-corrected chi connectivity index (χ0v) is 9.73. The number of benzene rings is 1. The molecule has 6 heteroatoms. The Morgan fingerprint density at radius 1 is 1.44 bits per heavy atom. The van der Waals surface area contributed by atoms with E-state index in [1.54, 1.807) is 18.2 Å². The highest BCUT2D eigenvalue weighted by atomic mass is 16.4. The Hall–Kier alpha value is -2.08. The molecule has 0 saturated carbocycles. The second kappa shape index (κ2) is 5.50. The molecule has 2 rings (SSSR count). The summed E-state index contributed by atoms with van der Waals surface area (Å²) in [6.07, 6.45) is 0.759. The molecule has 0 aliphatic carbocycles. The van der Waals surface area contributed by atoms with Crippen molar-refractivity contribution in [3.8, 4) is 0 Å². The molecule has 1 aromatic carbocycles. The third-order valence-electron chi connectivity index (χ3n) is 2.54. The lowest BCUT2D eigenvalue weighted by Gasteiger charge is -2.04. The first-order valence-corrected chi connectivity index (χ1v) is 5.68. The van der Waals surface area contributed by atoms with Crippen molar-refractivity contribution in [2.75, 3.05) is 6.61 Å². The Labute approximate surface area is 103 Å². The Balaban J connectivity index is 1.99. The van der Waals surface area contributed by atoms with Gasteiger partial charge in [0.2, 0.25) is 5.91 Å². The first-order chi connectivity index (χ1) is 8.69. The van der Waals surface area contributed by atoms with Crippen molar-refractivity contribution in [3.05, 3.63) is 34.3 Å². The minimum atomic E-state index is -0.492. The van der Waals surface area contributed by atoms with Crippen LogP contribution in [0.4, 0.5) is 0 Å². The fraction of sp³-hybridized carbons (Fsp3) is 0.333. The predicted molar refractivity (Wildman–Crippen MR) is 65.0 cm³/mol. The van der Waals surface area contributed by atoms with Gasteiger partial charge in [-0.2, -0.15) is 0 Å². The van der Waals surface area contributed by atoms with Gasteiger partial charge in [-0.15, -0.1) is 0 Å². The van der Waals surface area contributed by atoms with Gasteiger partial charge in [-0.25, -0.2) is 4.79 Å². The number of hydrogen-bond acceptors (Lipinski definition) is 4. The Kier molecular flexibility index (Phi) is 3.78. The third-order valence-corrected chi connectivity index (χ3v) is 2.54. The Morgan fingerprint density at radius 3 is 3.06 bits per heavy atom. The van der Waals surface area contributed by atoms with E-state index >= 15 is 0 Å². The number of oxazole rings is 1. The van der Waals surface area contributed by atoms with Crippen molar-refractivity contribution in [3.63, 3.8) is 0 Å². The number of aliphatic hydroxyl groups is 1. The number of H-pyrrole nitrogens is 1. The third kappa shape index (κ3) is 2.98. The van der Waals surface area contributed by atoms with Crippen molar-refractivity contribution in [2.24, 2.45) is 0 Å². The highest BCUT2D eigenvalue weighted by molar-refractivity contribution is 5.76. The molecule has 6 nitrogen and oxygen atoms in total. The normalized spacial score (nSPS) is 10.7. The molecular weight excluding hydrogens is 236 g/mol. The van der Waals surface area contributed by atoms with Gasteiger partial charge in [0, 0.05) is 19.6 Å². The molecule has 3 N–H and O–H groups in total. The van der Waals surface area contributed by atoms with Crippen LogP contribution in [-0.2, 0) is 11.3 Å². The highest BCUT2D eigenvalue weighted by Gasteiger charge is 2.04. The summed E-state index contributed by atoms with van der Waals surface area (Å²) in [6.45, 7) is 0.378. The van der Waals surface area contributed by atoms with Crippen LogP contribution in [0.2, 0.25) is 0 Å². The van der Waals surface area contributed by atoms with Gasteiger partial charge in [0.1, 0.15) is 0 Å². The fourth-order valence-electron chi connectivity index (χ4n) is 1.63. The number of carbonyl (C=O) groups excluding carboxylic acids is 1. The van der Waals surface area contributed by atoms with E-state index in [9.17, 15) is 9.59 Å². The molecule has 0 aliphatic rings. The second-order valence-electron chi connectivity index (χ2n) is 3.95. The van der Waals surface area contributed by atoms with Crippen molar-refractivity contribution in [1.29, 1.82) is 0 Å². The van der Waals surface area contributed by atoms with Gasteiger partial charge in [0.05, 0.1) is 5.52 Å². The van der Waals surface area contributed by atoms with Crippen LogP contribution in [0.5, 0.6) is 0 Å². The van der Waals surface area contributed by atoms with Crippen LogP contribution in [0.3, 0.4) is 0 Å². The van der Waals surface area contributed by atoms with Crippen LogP contribution >= 0.6 is 0 Å². The van der Waals surface area contributed by atoms with E-state index in [1.165, 1.54) is 0 Å². The SMILES string of the molecule is O=C(CCCO)NCc1ccc2[nH]c(=O)oc2c1. The summed E-state index contributed by atoms with van der Waals surface area (Å²) in [6, 6.07) is 5.25. The van der Waals surface area contributed by atoms with Gasteiger partial charge in [0.15, 0.2) is 5.58 Å². The van der Waals surface area contributed by atoms with Crippen molar-refractivity contribution in [1.82, 2.24) is 10.3 Å². The maximum absolute atomic E-state index is 11.3. The smallest absolute Gasteiger partial charge is 0.408 e. The van der Waals surface area contributed by atoms with E-state index in [-0.39, 0.29) is 12.5 Å². The summed E-state index contributed by atoms with van der Waals surface area (Å²) in [5.41, 5.74) is 1.96. The summed E-state index contributed by atoms with van der Waals surface area (Å²) in [5, 5.41) is 11.3. The molecule has 0 saturated heterocycles. The Bertz CT molecular complexity index is 599. The van der Waals surface area contributed by atoms with E-state index in [1.807, 2.05) is 0 Å². The van der Waals surface area contributed by atoms with E-state index in [4.69, 9.17) is 9.52 Å². The van der Waals surface area contributed by atoms with Gasteiger partial charge >= 0.3 is 5.76 Å².